The Morgan fingerprint density at radius 3 is 2.33 bits per heavy atom. The van der Waals surface area contributed by atoms with Gasteiger partial charge in [0.1, 0.15) is 11.9 Å². The van der Waals surface area contributed by atoms with Gasteiger partial charge in [-0.25, -0.2) is 9.59 Å². The lowest BCUT2D eigenvalue weighted by Crippen LogP contribution is -2.48. The molecule has 1 atom stereocenters. The van der Waals surface area contributed by atoms with Crippen molar-refractivity contribution in [2.45, 2.75) is 51.3 Å². The van der Waals surface area contributed by atoms with Crippen LogP contribution in [0.2, 0.25) is 0 Å². The van der Waals surface area contributed by atoms with E-state index in [1.54, 1.807) is 29.2 Å². The van der Waals surface area contributed by atoms with Crippen molar-refractivity contribution in [3.8, 4) is 5.75 Å². The van der Waals surface area contributed by atoms with E-state index >= 15 is 0 Å². The largest absolute Gasteiger partial charge is 0.490 e. The molecule has 1 aromatic carbocycles. The van der Waals surface area contributed by atoms with E-state index < -0.39 is 18.0 Å². The number of benzene rings is 1. The number of carbonyl (C=O) groups excluding carboxylic acids is 1. The zero-order chi connectivity index (χ0) is 24.0. The molecule has 3 rings (SSSR count). The van der Waals surface area contributed by atoms with Crippen molar-refractivity contribution >= 4 is 17.8 Å². The zero-order valence-corrected chi connectivity index (χ0v) is 19.1. The molecule has 1 amide bonds. The quantitative estimate of drug-likeness (QED) is 0.595. The normalized spacial score (nSPS) is 21.0. The van der Waals surface area contributed by atoms with E-state index in [-0.39, 0.29) is 30.2 Å². The molecule has 2 N–H and O–H groups in total. The average molecular weight is 461 g/mol. The van der Waals surface area contributed by atoms with E-state index in [1.807, 2.05) is 18.7 Å². The first kappa shape index (κ1) is 24.7. The summed E-state index contributed by atoms with van der Waals surface area (Å²) < 4.78 is 11.3. The van der Waals surface area contributed by atoms with Crippen LogP contribution in [0, 0.1) is 0 Å². The van der Waals surface area contributed by atoms with Crippen molar-refractivity contribution in [3.63, 3.8) is 0 Å². The molecule has 2 aliphatic rings. The summed E-state index contributed by atoms with van der Waals surface area (Å²) in [6, 6.07) is 6.23. The molecule has 1 aromatic rings. The molecule has 0 bridgehead atoms. The lowest BCUT2D eigenvalue weighted by atomic mass is 10.0. The Balaban J connectivity index is 1.77. The molecule has 33 heavy (non-hydrogen) atoms. The van der Waals surface area contributed by atoms with Crippen LogP contribution in [0.1, 0.15) is 43.5 Å². The summed E-state index contributed by atoms with van der Waals surface area (Å²) in [7, 11) is 0. The van der Waals surface area contributed by atoms with Gasteiger partial charge in [0.25, 0.3) is 5.91 Å². The van der Waals surface area contributed by atoms with Crippen LogP contribution in [0.5, 0.6) is 5.75 Å². The van der Waals surface area contributed by atoms with E-state index in [2.05, 4.69) is 0 Å². The number of carbonyl (C=O) groups is 3. The standard InChI is InChI=1S/C24H32N2O7/c1-16(2)26-11-3-10-25(15-21(26)20(24(30)31)14-22(27)28)23(29)17-4-6-18(7-5-17)33-19-8-12-32-13-9-19/h4-7,14,16,19,21H,3,8-13,15H2,1-2H3,(H,27,28)(H,30,31)/b20-14-. The highest BCUT2D eigenvalue weighted by Crippen LogP contribution is 2.23. The molecule has 180 valence electrons. The van der Waals surface area contributed by atoms with Crippen LogP contribution in [0.3, 0.4) is 0 Å². The van der Waals surface area contributed by atoms with Gasteiger partial charge in [-0.2, -0.15) is 0 Å². The molecule has 2 heterocycles. The third kappa shape index (κ3) is 6.55. The van der Waals surface area contributed by atoms with Gasteiger partial charge in [0.05, 0.1) is 24.8 Å². The first-order valence-electron chi connectivity index (χ1n) is 11.3. The van der Waals surface area contributed by atoms with E-state index in [9.17, 15) is 24.6 Å². The monoisotopic (exact) mass is 460 g/mol. The Morgan fingerprint density at radius 2 is 1.76 bits per heavy atom. The first-order valence-corrected chi connectivity index (χ1v) is 11.3. The maximum absolute atomic E-state index is 13.3. The number of carboxylic acids is 2. The van der Waals surface area contributed by atoms with Gasteiger partial charge in [0.2, 0.25) is 0 Å². The number of aliphatic carboxylic acids is 2. The fraction of sp³-hybridized carbons (Fsp3) is 0.542. The lowest BCUT2D eigenvalue weighted by Gasteiger charge is -2.34. The molecule has 0 saturated carbocycles. The molecular formula is C24H32N2O7. The maximum Gasteiger partial charge on any atom is 0.333 e. The Labute approximate surface area is 193 Å². The minimum atomic E-state index is -1.32. The van der Waals surface area contributed by atoms with Crippen LogP contribution in [-0.4, -0.2) is 88.9 Å². The number of nitrogens with zero attached hydrogens (tertiary/aromatic N) is 2. The Kier molecular flexibility index (Phi) is 8.46. The Hall–Kier alpha value is -2.91. The molecule has 9 nitrogen and oxygen atoms in total. The second-order valence-electron chi connectivity index (χ2n) is 8.65. The van der Waals surface area contributed by atoms with Crippen LogP contribution >= 0.6 is 0 Å². The molecule has 0 radical (unpaired) electrons. The minimum absolute atomic E-state index is 0.0109. The van der Waals surface area contributed by atoms with E-state index in [1.165, 1.54) is 0 Å². The van der Waals surface area contributed by atoms with Gasteiger partial charge < -0.3 is 24.6 Å². The zero-order valence-electron chi connectivity index (χ0n) is 19.1. The smallest absolute Gasteiger partial charge is 0.333 e. The molecule has 0 aromatic heterocycles. The van der Waals surface area contributed by atoms with Gasteiger partial charge in [-0.1, -0.05) is 0 Å². The lowest BCUT2D eigenvalue weighted by molar-refractivity contribution is -0.135. The summed E-state index contributed by atoms with van der Waals surface area (Å²) in [6.07, 6.45) is 3.16. The predicted molar refractivity (Wildman–Crippen MR) is 120 cm³/mol. The van der Waals surface area contributed by atoms with Crippen LogP contribution in [0.4, 0.5) is 0 Å². The number of hydrogen-bond donors (Lipinski definition) is 2. The van der Waals surface area contributed by atoms with Crippen molar-refractivity contribution < 1.29 is 34.1 Å². The van der Waals surface area contributed by atoms with E-state index in [0.29, 0.717) is 44.0 Å². The summed E-state index contributed by atoms with van der Waals surface area (Å²) in [4.78, 5) is 40.0. The highest BCUT2D eigenvalue weighted by atomic mass is 16.5. The predicted octanol–water partition coefficient (Wildman–Crippen LogP) is 2.26. The molecule has 0 aliphatic carbocycles. The summed E-state index contributed by atoms with van der Waals surface area (Å²) in [6.45, 7) is 6.35. The summed E-state index contributed by atoms with van der Waals surface area (Å²) >= 11 is 0. The van der Waals surface area contributed by atoms with Gasteiger partial charge in [0, 0.05) is 50.2 Å². The maximum atomic E-state index is 13.3. The fourth-order valence-electron chi connectivity index (χ4n) is 4.36. The molecular weight excluding hydrogens is 428 g/mol. The summed E-state index contributed by atoms with van der Waals surface area (Å²) in [5, 5.41) is 18.9. The second-order valence-corrected chi connectivity index (χ2v) is 8.65. The number of ether oxygens (including phenoxy) is 2. The number of rotatable bonds is 7. The van der Waals surface area contributed by atoms with Crippen LogP contribution in [-0.2, 0) is 14.3 Å². The van der Waals surface area contributed by atoms with Gasteiger partial charge in [-0.3, -0.25) is 9.69 Å². The van der Waals surface area contributed by atoms with Gasteiger partial charge >= 0.3 is 11.9 Å². The molecule has 0 spiro atoms. The van der Waals surface area contributed by atoms with Crippen molar-refractivity contribution in [3.05, 3.63) is 41.5 Å². The van der Waals surface area contributed by atoms with E-state index in [0.717, 1.165) is 18.9 Å². The average Bonchev–Trinajstić information content (AvgIpc) is 3.01. The van der Waals surface area contributed by atoms with Crippen molar-refractivity contribution in [2.75, 3.05) is 32.8 Å². The van der Waals surface area contributed by atoms with Crippen molar-refractivity contribution in [1.29, 1.82) is 0 Å². The first-order chi connectivity index (χ1) is 15.8. The third-order valence-electron chi connectivity index (χ3n) is 6.05. The SMILES string of the molecule is CC(C)N1CCCN(C(=O)c2ccc(OC3CCOCC3)cc2)CC1/C(=C/C(=O)O)C(=O)O. The van der Waals surface area contributed by atoms with Crippen molar-refractivity contribution in [1.82, 2.24) is 9.80 Å². The van der Waals surface area contributed by atoms with Crippen LogP contribution in [0.15, 0.2) is 35.9 Å². The number of carboxylic acid groups (broad SMARTS) is 2. The summed E-state index contributed by atoms with van der Waals surface area (Å²) in [5.41, 5.74) is 0.251. The van der Waals surface area contributed by atoms with Crippen LogP contribution in [0.25, 0.3) is 0 Å². The number of hydrogen-bond acceptors (Lipinski definition) is 6. The highest BCUT2D eigenvalue weighted by molar-refractivity contribution is 5.97. The molecule has 1 unspecified atom stereocenters. The highest BCUT2D eigenvalue weighted by Gasteiger charge is 2.34. The van der Waals surface area contributed by atoms with Gasteiger partial charge in [-0.05, 0) is 44.5 Å². The Morgan fingerprint density at radius 1 is 1.09 bits per heavy atom. The molecule has 2 aliphatic heterocycles. The van der Waals surface area contributed by atoms with E-state index in [4.69, 9.17) is 9.47 Å². The molecule has 9 heteroatoms. The summed E-state index contributed by atoms with van der Waals surface area (Å²) in [5.74, 6) is -2.14. The minimum Gasteiger partial charge on any atom is -0.490 e. The fourth-order valence-corrected chi connectivity index (χ4v) is 4.36. The van der Waals surface area contributed by atoms with Crippen molar-refractivity contribution in [2.24, 2.45) is 0 Å². The second kappa shape index (κ2) is 11.3. The van der Waals surface area contributed by atoms with Crippen LogP contribution < -0.4 is 4.74 Å². The number of amides is 1. The topological polar surface area (TPSA) is 117 Å². The van der Waals surface area contributed by atoms with Gasteiger partial charge in [-0.15, -0.1) is 0 Å². The molecule has 2 saturated heterocycles. The molecule has 2 fully saturated rings. The third-order valence-corrected chi connectivity index (χ3v) is 6.05. The van der Waals surface area contributed by atoms with Gasteiger partial charge in [0.15, 0.2) is 0 Å². The Bertz CT molecular complexity index is 875.